The molecule has 12 unspecified atom stereocenters. The lowest BCUT2D eigenvalue weighted by molar-refractivity contribution is -0.165. The summed E-state index contributed by atoms with van der Waals surface area (Å²) in [5.74, 6) is -0.995. The minimum atomic E-state index is -0.496. The second-order valence-electron chi connectivity index (χ2n) is 23.5. The van der Waals surface area contributed by atoms with Gasteiger partial charge in [-0.1, -0.05) is 105 Å². The van der Waals surface area contributed by atoms with E-state index in [0.29, 0.717) is 0 Å². The molecule has 9 heteroatoms. The van der Waals surface area contributed by atoms with Gasteiger partial charge in [0, 0.05) is 29.7 Å². The van der Waals surface area contributed by atoms with Gasteiger partial charge >= 0.3 is 11.9 Å². The van der Waals surface area contributed by atoms with Gasteiger partial charge in [-0.2, -0.15) is 0 Å². The van der Waals surface area contributed by atoms with E-state index < -0.39 is 11.8 Å². The Balaban J connectivity index is 0.000000523. The highest BCUT2D eigenvalue weighted by molar-refractivity contribution is 6.06. The van der Waals surface area contributed by atoms with E-state index in [1.165, 1.54) is 27.2 Å². The Morgan fingerprint density at radius 2 is 0.643 bits per heavy atom. The maximum Gasteiger partial charge on any atom is 0.310 e. The lowest BCUT2D eigenvalue weighted by Crippen LogP contribution is -2.38. The highest BCUT2D eigenvalue weighted by Crippen LogP contribution is 2.51. The Kier molecular flexibility index (Phi) is 25.7. The Labute approximate surface area is 426 Å². The largest absolute Gasteiger partial charge is 0.463 e. The van der Waals surface area contributed by atoms with Crippen LogP contribution in [0.4, 0.5) is 0 Å². The molecule has 0 spiro atoms. The van der Waals surface area contributed by atoms with E-state index in [1.54, 1.807) is 0 Å². The summed E-state index contributed by atoms with van der Waals surface area (Å²) in [6, 6.07) is -0.0460. The van der Waals surface area contributed by atoms with Gasteiger partial charge in [0.25, 0.3) is 0 Å². The molecule has 0 N–H and O–H groups in total. The number of Topliss-reactive ketones (excluding diaryl/α,β-unsaturated/α-hetero) is 2. The van der Waals surface area contributed by atoms with Crippen LogP contribution < -0.4 is 0 Å². The summed E-state index contributed by atoms with van der Waals surface area (Å²) in [6.07, 6.45) is 15.2. The number of ether oxygens (including phenoxy) is 2. The quantitative estimate of drug-likeness (QED) is 0.0903. The molecule has 4 rings (SSSR count). The molecule has 0 aromatic rings. The Hall–Kier alpha value is -4.14. The molecule has 0 radical (unpaired) electrons. The molecule has 2 amide bonds. The normalized spacial score (nSPS) is 27.6. The van der Waals surface area contributed by atoms with Gasteiger partial charge in [0.1, 0.15) is 11.6 Å². The number of nitrogens with zero attached hydrogens (tertiary/aromatic N) is 1. The van der Waals surface area contributed by atoms with Crippen LogP contribution in [0.2, 0.25) is 0 Å². The number of amides is 2. The van der Waals surface area contributed by atoms with E-state index in [-0.39, 0.29) is 132 Å². The fraction of sp³-hybridized carbons (Fsp3) is 0.705. The zero-order valence-electron chi connectivity index (χ0n) is 47.1. The van der Waals surface area contributed by atoms with Crippen LogP contribution in [-0.4, -0.2) is 58.5 Å². The van der Waals surface area contributed by atoms with Gasteiger partial charge in [0.2, 0.25) is 11.8 Å². The Bertz CT molecular complexity index is 1860. The van der Waals surface area contributed by atoms with Gasteiger partial charge in [-0.25, -0.2) is 0 Å². The van der Waals surface area contributed by atoms with Crippen molar-refractivity contribution in [1.29, 1.82) is 0 Å². The summed E-state index contributed by atoms with van der Waals surface area (Å²) < 4.78 is 11.0. The maximum absolute atomic E-state index is 12.9. The first-order valence-corrected chi connectivity index (χ1v) is 26.1. The van der Waals surface area contributed by atoms with Crippen molar-refractivity contribution >= 4 is 35.3 Å². The van der Waals surface area contributed by atoms with E-state index in [2.05, 4.69) is 91.8 Å². The lowest BCUT2D eigenvalue weighted by atomic mass is 9.75. The number of imide groups is 1. The molecule has 0 aromatic heterocycles. The minimum absolute atomic E-state index is 0. The summed E-state index contributed by atoms with van der Waals surface area (Å²) in [7, 11) is 0. The third kappa shape index (κ3) is 17.6. The summed E-state index contributed by atoms with van der Waals surface area (Å²) in [5, 5.41) is 0. The number of likely N-dealkylation sites (tertiary alicyclic amines) is 1. The van der Waals surface area contributed by atoms with Gasteiger partial charge < -0.3 is 9.47 Å². The first kappa shape index (κ1) is 63.9. The molecule has 70 heavy (non-hydrogen) atoms. The van der Waals surface area contributed by atoms with Crippen molar-refractivity contribution < 1.29 is 38.2 Å². The molecule has 1 aliphatic heterocycles. The van der Waals surface area contributed by atoms with Crippen LogP contribution in [0.25, 0.3) is 0 Å². The summed E-state index contributed by atoms with van der Waals surface area (Å²) in [5.41, 5.74) is 7.18. The van der Waals surface area contributed by atoms with Crippen molar-refractivity contribution in [2.45, 2.75) is 197 Å². The number of ketones is 2. The molecule has 1 heterocycles. The molecule has 4 fully saturated rings. The van der Waals surface area contributed by atoms with Crippen molar-refractivity contribution in [3.63, 3.8) is 0 Å². The average Bonchev–Trinajstić information content (AvgIpc) is 3.88. The molecule has 9 nitrogen and oxygen atoms in total. The summed E-state index contributed by atoms with van der Waals surface area (Å²) in [4.78, 5) is 78.3. The summed E-state index contributed by atoms with van der Waals surface area (Å²) in [6.45, 7) is 43.6. The highest BCUT2D eigenvalue weighted by atomic mass is 16.6. The molecule has 12 atom stereocenters. The zero-order valence-corrected chi connectivity index (χ0v) is 47.1. The predicted octanol–water partition coefficient (Wildman–Crippen LogP) is 14.1. The molecule has 0 aromatic carbocycles. The van der Waals surface area contributed by atoms with E-state index in [1.807, 2.05) is 96.9 Å². The van der Waals surface area contributed by atoms with Crippen LogP contribution in [0.5, 0.6) is 0 Å². The number of hydrogen-bond donors (Lipinski definition) is 0. The maximum atomic E-state index is 12.9. The van der Waals surface area contributed by atoms with E-state index in [4.69, 9.17) is 9.47 Å². The van der Waals surface area contributed by atoms with Crippen LogP contribution in [0.15, 0.2) is 69.9 Å². The smallest absolute Gasteiger partial charge is 0.310 e. The second kappa shape index (κ2) is 28.2. The van der Waals surface area contributed by atoms with Crippen LogP contribution >= 0.6 is 0 Å². The molecule has 3 aliphatic carbocycles. The van der Waals surface area contributed by atoms with Gasteiger partial charge in [-0.15, -0.1) is 0 Å². The molecule has 3 saturated carbocycles. The average molecular weight is 974 g/mol. The van der Waals surface area contributed by atoms with E-state index >= 15 is 0 Å². The molecule has 4 aliphatic rings. The van der Waals surface area contributed by atoms with Crippen LogP contribution in [0.1, 0.15) is 179 Å². The lowest BCUT2D eigenvalue weighted by Gasteiger charge is -2.26. The molecular formula is C61H99NO8. The van der Waals surface area contributed by atoms with Crippen LogP contribution in [0, 0.1) is 82.9 Å². The molecule has 1 saturated heterocycles. The Morgan fingerprint density at radius 1 is 0.414 bits per heavy atom. The predicted molar refractivity (Wildman–Crippen MR) is 288 cm³/mol. The Morgan fingerprint density at radius 3 is 0.857 bits per heavy atom. The fourth-order valence-corrected chi connectivity index (χ4v) is 11.4. The van der Waals surface area contributed by atoms with Gasteiger partial charge in [-0.3, -0.25) is 33.7 Å². The number of allylic oxidation sites excluding steroid dienone is 12. The summed E-state index contributed by atoms with van der Waals surface area (Å²) >= 11 is 0. The van der Waals surface area contributed by atoms with E-state index in [0.717, 1.165) is 30.4 Å². The van der Waals surface area contributed by atoms with Crippen LogP contribution in [0.3, 0.4) is 0 Å². The zero-order chi connectivity index (χ0) is 53.1. The number of fused-ring (bicyclic) bond motifs is 1. The number of esters is 2. The molecular weight excluding hydrogens is 875 g/mol. The van der Waals surface area contributed by atoms with Crippen molar-refractivity contribution in [1.82, 2.24) is 4.90 Å². The van der Waals surface area contributed by atoms with Crippen molar-refractivity contribution in [3.8, 4) is 0 Å². The number of hydrogen-bond acceptors (Lipinski definition) is 8. The van der Waals surface area contributed by atoms with Gasteiger partial charge in [0.05, 0.1) is 35.9 Å². The SMILES string of the molecule is C.CC(C)=CC1CC(C=C(C)C)C(C(=O)C(C)C)C1C(=O)C(C)C.CC(C)=CC1CC(C=C(C)C)C(C(=O)OC(C)C)C1C(=O)OC(C)C.CC(C)=CC1CC(C=C(C)C)C2C(=O)N(C(C)C)C(=O)C12. The monoisotopic (exact) mass is 974 g/mol. The van der Waals surface area contributed by atoms with Gasteiger partial charge in [-0.05, 0) is 179 Å². The third-order valence-corrected chi connectivity index (χ3v) is 13.5. The third-order valence-electron chi connectivity index (χ3n) is 13.5. The number of rotatable bonds is 15. The van der Waals surface area contributed by atoms with Gasteiger partial charge in [0.15, 0.2) is 0 Å². The topological polar surface area (TPSA) is 124 Å². The van der Waals surface area contributed by atoms with Crippen LogP contribution in [-0.2, 0) is 38.2 Å². The minimum Gasteiger partial charge on any atom is -0.463 e. The molecule has 396 valence electrons. The van der Waals surface area contributed by atoms with E-state index in [9.17, 15) is 28.8 Å². The standard InChI is InChI=1S/C21H34O4.C21H34O2.C18H27NO2.CH4/c1-12(2)9-16-11-17(10-13(3)4)19(21(23)25-15(7)8)18(16)20(22)24-14(5)6;1-12(2)9-16-11-17(10-13(3)4)19(21(23)15(7)8)18(16)20(22)14(5)6;1-10(2)7-13-9-14(8-11(3)4)16-15(13)17(20)19(12(5)6)18(16)21;/h9-10,14-19H,11H2,1-8H3;9-10,14-19H,11H2,1-8H3;7-8,12-16H,9H2,1-6H3;1H4. The first-order chi connectivity index (χ1) is 31.8. The number of carbonyl (C=O) groups excluding carboxylic acids is 6. The number of carbonyl (C=O) groups is 6. The fourth-order valence-electron chi connectivity index (χ4n) is 11.4. The second-order valence-corrected chi connectivity index (χ2v) is 23.5. The van der Waals surface area contributed by atoms with Crippen molar-refractivity contribution in [2.75, 3.05) is 0 Å². The molecule has 0 bridgehead atoms. The van der Waals surface area contributed by atoms with Crippen molar-refractivity contribution in [3.05, 3.63) is 69.9 Å². The van der Waals surface area contributed by atoms with Crippen molar-refractivity contribution in [2.24, 2.45) is 82.9 Å². The first-order valence-electron chi connectivity index (χ1n) is 26.1. The highest BCUT2D eigenvalue weighted by Gasteiger charge is 2.58.